The Labute approximate surface area is 172 Å². The van der Waals surface area contributed by atoms with Gasteiger partial charge in [0.1, 0.15) is 6.54 Å². The average Bonchev–Trinajstić information content (AvgIpc) is 3.14. The molecule has 0 saturated heterocycles. The lowest BCUT2D eigenvalue weighted by Gasteiger charge is -2.30. The molecule has 2 aromatic carbocycles. The largest absolute Gasteiger partial charge is 0.411 e. The molecular weight excluding hydrogens is 388 g/mol. The minimum absolute atomic E-state index is 0.0155. The summed E-state index contributed by atoms with van der Waals surface area (Å²) < 4.78 is 5.77. The van der Waals surface area contributed by atoms with Crippen LogP contribution in [0.4, 0.5) is 11.4 Å². The lowest BCUT2D eigenvalue weighted by molar-refractivity contribution is -0.121. The molecule has 2 heterocycles. The van der Waals surface area contributed by atoms with Gasteiger partial charge in [-0.25, -0.2) is 0 Å². The van der Waals surface area contributed by atoms with E-state index in [0.717, 1.165) is 16.7 Å². The summed E-state index contributed by atoms with van der Waals surface area (Å²) in [6.07, 6.45) is 0. The number of anilines is 2. The van der Waals surface area contributed by atoms with Crippen molar-refractivity contribution in [3.63, 3.8) is 0 Å². The number of rotatable bonds is 4. The molecule has 0 radical (unpaired) electrons. The molecule has 1 N–H and O–H groups in total. The van der Waals surface area contributed by atoms with E-state index in [2.05, 4.69) is 21.6 Å². The third kappa shape index (κ3) is 4.02. The molecule has 1 atom stereocenters. The van der Waals surface area contributed by atoms with Gasteiger partial charge >= 0.3 is 0 Å². The van der Waals surface area contributed by atoms with Crippen LogP contribution >= 0.6 is 11.8 Å². The second-order valence-corrected chi connectivity index (χ2v) is 8.29. The number of para-hydroxylation sites is 2. The van der Waals surface area contributed by atoms with Gasteiger partial charge in [0, 0.05) is 5.56 Å². The Morgan fingerprint density at radius 1 is 1.17 bits per heavy atom. The molecule has 0 spiro atoms. The maximum Gasteiger partial charge on any atom is 0.277 e. The van der Waals surface area contributed by atoms with Crippen molar-refractivity contribution in [1.29, 1.82) is 0 Å². The molecule has 29 heavy (non-hydrogen) atoms. The first kappa shape index (κ1) is 19.2. The normalized spacial score (nSPS) is 14.3. The summed E-state index contributed by atoms with van der Waals surface area (Å²) in [5.41, 5.74) is 4.38. The molecule has 7 nitrogen and oxygen atoms in total. The van der Waals surface area contributed by atoms with E-state index in [0.29, 0.717) is 22.5 Å². The van der Waals surface area contributed by atoms with Gasteiger partial charge in [0.15, 0.2) is 0 Å². The minimum atomic E-state index is -0.499. The van der Waals surface area contributed by atoms with E-state index < -0.39 is 5.25 Å². The van der Waals surface area contributed by atoms with E-state index >= 15 is 0 Å². The van der Waals surface area contributed by atoms with E-state index in [9.17, 15) is 9.59 Å². The third-order valence-electron chi connectivity index (χ3n) is 4.54. The van der Waals surface area contributed by atoms with Gasteiger partial charge in [-0.2, -0.15) is 0 Å². The van der Waals surface area contributed by atoms with Crippen molar-refractivity contribution >= 4 is 35.0 Å². The zero-order valence-electron chi connectivity index (χ0n) is 16.3. The Morgan fingerprint density at radius 3 is 2.66 bits per heavy atom. The maximum absolute atomic E-state index is 13.0. The van der Waals surface area contributed by atoms with E-state index in [4.69, 9.17) is 4.42 Å². The first-order valence-corrected chi connectivity index (χ1v) is 10.1. The summed E-state index contributed by atoms with van der Waals surface area (Å²) in [5, 5.41) is 10.8. The van der Waals surface area contributed by atoms with Crippen LogP contribution in [-0.4, -0.2) is 33.8 Å². The Hall–Kier alpha value is -3.13. The lowest BCUT2D eigenvalue weighted by Crippen LogP contribution is -2.45. The quantitative estimate of drug-likeness (QED) is 0.660. The first-order chi connectivity index (χ1) is 13.9. The zero-order valence-corrected chi connectivity index (χ0v) is 17.1. The number of amides is 2. The number of thioether (sulfide) groups is 1. The highest BCUT2D eigenvalue weighted by molar-refractivity contribution is 8.00. The molecule has 148 valence electrons. The van der Waals surface area contributed by atoms with Crippen LogP contribution in [-0.2, 0) is 9.59 Å². The van der Waals surface area contributed by atoms with Crippen molar-refractivity contribution in [2.75, 3.05) is 16.8 Å². The highest BCUT2D eigenvalue weighted by Crippen LogP contribution is 2.33. The molecule has 8 heteroatoms. The fourth-order valence-electron chi connectivity index (χ4n) is 3.32. The van der Waals surface area contributed by atoms with E-state index in [1.807, 2.05) is 44.2 Å². The summed E-state index contributed by atoms with van der Waals surface area (Å²) >= 11 is 1.18. The molecule has 0 saturated carbocycles. The van der Waals surface area contributed by atoms with Crippen LogP contribution in [0.15, 0.2) is 52.1 Å². The van der Waals surface area contributed by atoms with Gasteiger partial charge < -0.3 is 9.73 Å². The molecule has 0 aliphatic carbocycles. The lowest BCUT2D eigenvalue weighted by atomic mass is 10.1. The topological polar surface area (TPSA) is 88.3 Å². The van der Waals surface area contributed by atoms with Gasteiger partial charge in [-0.15, -0.1) is 10.2 Å². The number of carbonyl (C=O) groups is 2. The van der Waals surface area contributed by atoms with Gasteiger partial charge in [-0.3, -0.25) is 14.5 Å². The van der Waals surface area contributed by atoms with Crippen LogP contribution in [0.3, 0.4) is 0 Å². The van der Waals surface area contributed by atoms with E-state index in [1.54, 1.807) is 13.0 Å². The van der Waals surface area contributed by atoms with Crippen LogP contribution in [0.25, 0.3) is 11.5 Å². The number of benzene rings is 2. The van der Waals surface area contributed by atoms with Crippen LogP contribution in [0.2, 0.25) is 0 Å². The number of fused-ring (bicyclic) bond motifs is 1. The molecule has 2 amide bonds. The molecule has 0 unspecified atom stereocenters. The molecule has 3 aromatic rings. The zero-order chi connectivity index (χ0) is 20.5. The molecule has 1 aliphatic heterocycles. The number of nitrogens with one attached hydrogen (secondary N) is 1. The monoisotopic (exact) mass is 408 g/mol. The number of hydrogen-bond acceptors (Lipinski definition) is 6. The highest BCUT2D eigenvalue weighted by Gasteiger charge is 2.31. The molecule has 1 aromatic heterocycles. The summed E-state index contributed by atoms with van der Waals surface area (Å²) in [5.74, 6) is 0.00855. The predicted molar refractivity (Wildman–Crippen MR) is 112 cm³/mol. The summed E-state index contributed by atoms with van der Waals surface area (Å²) in [6, 6.07) is 13.3. The fourth-order valence-corrected chi connectivity index (χ4v) is 4.07. The molecule has 0 bridgehead atoms. The van der Waals surface area contributed by atoms with Gasteiger partial charge in [0.25, 0.3) is 5.22 Å². The Kier molecular flexibility index (Phi) is 5.10. The SMILES string of the molecule is Cc1cc(C)cc(-c2nnc(S[C@H](C)C(=O)N3CC(=O)Nc4ccccc43)o2)c1. The Bertz CT molecular complexity index is 1070. The van der Waals surface area contributed by atoms with Crippen LogP contribution in [0.1, 0.15) is 18.1 Å². The minimum Gasteiger partial charge on any atom is -0.411 e. The standard InChI is InChI=1S/C21H20N4O3S/c1-12-8-13(2)10-15(9-12)19-23-24-21(28-19)29-14(3)20(27)25-11-18(26)22-16-6-4-5-7-17(16)25/h4-10,14H,11H2,1-3H3,(H,22,26)/t14-/m1/s1. The first-order valence-electron chi connectivity index (χ1n) is 9.20. The summed E-state index contributed by atoms with van der Waals surface area (Å²) in [7, 11) is 0. The van der Waals surface area contributed by atoms with Crippen molar-refractivity contribution in [3.05, 3.63) is 53.6 Å². The molecular formula is C21H20N4O3S. The second kappa shape index (κ2) is 7.71. The van der Waals surface area contributed by atoms with Crippen LogP contribution < -0.4 is 10.2 Å². The third-order valence-corrected chi connectivity index (χ3v) is 5.46. The highest BCUT2D eigenvalue weighted by atomic mass is 32.2. The van der Waals surface area contributed by atoms with Gasteiger partial charge in [-0.1, -0.05) is 41.1 Å². The Balaban J connectivity index is 1.51. The van der Waals surface area contributed by atoms with Crippen molar-refractivity contribution < 1.29 is 14.0 Å². The van der Waals surface area contributed by atoms with Crippen molar-refractivity contribution in [1.82, 2.24) is 10.2 Å². The Morgan fingerprint density at radius 2 is 1.90 bits per heavy atom. The molecule has 4 rings (SSSR count). The van der Waals surface area contributed by atoms with Crippen LogP contribution in [0.5, 0.6) is 0 Å². The smallest absolute Gasteiger partial charge is 0.277 e. The summed E-state index contributed by atoms with van der Waals surface area (Å²) in [6.45, 7) is 5.77. The maximum atomic E-state index is 13.0. The van der Waals surface area contributed by atoms with Gasteiger partial charge in [0.2, 0.25) is 17.7 Å². The van der Waals surface area contributed by atoms with E-state index in [-0.39, 0.29) is 18.4 Å². The van der Waals surface area contributed by atoms with Gasteiger partial charge in [0.05, 0.1) is 16.6 Å². The number of hydrogen-bond donors (Lipinski definition) is 1. The average molecular weight is 408 g/mol. The molecule has 0 fully saturated rings. The number of aryl methyl sites for hydroxylation is 2. The number of carbonyl (C=O) groups excluding carboxylic acids is 2. The second-order valence-electron chi connectivity index (χ2n) is 7.00. The summed E-state index contributed by atoms with van der Waals surface area (Å²) in [4.78, 5) is 26.5. The fraction of sp³-hybridized carbons (Fsp3) is 0.238. The van der Waals surface area contributed by atoms with Crippen molar-refractivity contribution in [2.45, 2.75) is 31.2 Å². The number of aromatic nitrogens is 2. The van der Waals surface area contributed by atoms with Gasteiger partial charge in [-0.05, 0) is 45.0 Å². The number of nitrogens with zero attached hydrogens (tertiary/aromatic N) is 3. The van der Waals surface area contributed by atoms with E-state index in [1.165, 1.54) is 16.7 Å². The predicted octanol–water partition coefficient (Wildman–Crippen LogP) is 3.82. The van der Waals surface area contributed by atoms with Crippen molar-refractivity contribution in [2.24, 2.45) is 0 Å². The van der Waals surface area contributed by atoms with Crippen molar-refractivity contribution in [3.8, 4) is 11.5 Å². The molecule has 1 aliphatic rings. The van der Waals surface area contributed by atoms with Crippen LogP contribution in [0, 0.1) is 13.8 Å².